The standard InChI is InChI=1S/C20H31FO2/c1-2-3-4-5-6-7-10-13-16-19(21)17-14-11-8-9-12-15-18-20(22)23/h8-9,13-19H,2-7,10-12H2,1H3,(H,22,23). The van der Waals surface area contributed by atoms with Crippen molar-refractivity contribution in [2.45, 2.75) is 70.9 Å². The average Bonchev–Trinajstić information content (AvgIpc) is 2.52. The number of halogens is 1. The number of alkyl halides is 1. The van der Waals surface area contributed by atoms with Crippen molar-refractivity contribution in [2.75, 3.05) is 0 Å². The summed E-state index contributed by atoms with van der Waals surface area (Å²) >= 11 is 0. The minimum absolute atomic E-state index is 0.581. The molecule has 1 N–H and O–H groups in total. The van der Waals surface area contributed by atoms with Crippen molar-refractivity contribution in [2.24, 2.45) is 0 Å². The Balaban J connectivity index is 3.60. The van der Waals surface area contributed by atoms with Crippen LogP contribution in [-0.2, 0) is 4.79 Å². The van der Waals surface area contributed by atoms with Gasteiger partial charge in [-0.25, -0.2) is 9.18 Å². The molecule has 0 aliphatic carbocycles. The second-order valence-electron chi connectivity index (χ2n) is 5.54. The molecule has 0 fully saturated rings. The zero-order valence-electron chi connectivity index (χ0n) is 14.3. The van der Waals surface area contributed by atoms with Gasteiger partial charge in [-0.15, -0.1) is 0 Å². The Kier molecular flexibility index (Phi) is 15.5. The van der Waals surface area contributed by atoms with Crippen LogP contribution >= 0.6 is 0 Å². The van der Waals surface area contributed by atoms with Gasteiger partial charge in [-0.2, -0.15) is 0 Å². The van der Waals surface area contributed by atoms with Crippen LogP contribution in [0.15, 0.2) is 48.6 Å². The number of carboxylic acid groups (broad SMARTS) is 1. The van der Waals surface area contributed by atoms with E-state index >= 15 is 0 Å². The molecule has 2 nitrogen and oxygen atoms in total. The number of rotatable bonds is 14. The molecule has 1 unspecified atom stereocenters. The topological polar surface area (TPSA) is 37.3 Å². The molecule has 0 bridgehead atoms. The van der Waals surface area contributed by atoms with Gasteiger partial charge in [0.05, 0.1) is 0 Å². The Morgan fingerprint density at radius 2 is 1.52 bits per heavy atom. The summed E-state index contributed by atoms with van der Waals surface area (Å²) in [4.78, 5) is 10.2. The van der Waals surface area contributed by atoms with Gasteiger partial charge in [0.25, 0.3) is 0 Å². The number of carbonyl (C=O) groups is 1. The van der Waals surface area contributed by atoms with Crippen molar-refractivity contribution in [1.29, 1.82) is 0 Å². The maximum absolute atomic E-state index is 13.5. The molecule has 23 heavy (non-hydrogen) atoms. The molecular weight excluding hydrogens is 291 g/mol. The second-order valence-corrected chi connectivity index (χ2v) is 5.54. The third kappa shape index (κ3) is 18.3. The lowest BCUT2D eigenvalue weighted by atomic mass is 10.1. The van der Waals surface area contributed by atoms with E-state index in [2.05, 4.69) is 6.92 Å². The molecule has 0 spiro atoms. The van der Waals surface area contributed by atoms with E-state index in [9.17, 15) is 9.18 Å². The van der Waals surface area contributed by atoms with Gasteiger partial charge >= 0.3 is 5.97 Å². The van der Waals surface area contributed by atoms with E-state index < -0.39 is 12.1 Å². The summed E-state index contributed by atoms with van der Waals surface area (Å²) in [7, 11) is 0. The quantitative estimate of drug-likeness (QED) is 0.236. The van der Waals surface area contributed by atoms with Crippen molar-refractivity contribution in [3.05, 3.63) is 48.6 Å². The van der Waals surface area contributed by atoms with Crippen molar-refractivity contribution in [3.63, 3.8) is 0 Å². The Morgan fingerprint density at radius 1 is 0.913 bits per heavy atom. The summed E-state index contributed by atoms with van der Waals surface area (Å²) in [5, 5.41) is 8.40. The van der Waals surface area contributed by atoms with Gasteiger partial charge in [0.1, 0.15) is 6.17 Å². The number of hydrogen-bond donors (Lipinski definition) is 1. The summed E-state index contributed by atoms with van der Waals surface area (Å²) in [6, 6.07) is 0. The SMILES string of the molecule is CCCCCCCCC=CC(F)C=CCC=CCC=CC(=O)O. The molecule has 0 rings (SSSR count). The van der Waals surface area contributed by atoms with Crippen LogP contribution in [0.1, 0.15) is 64.7 Å². The van der Waals surface area contributed by atoms with Gasteiger partial charge < -0.3 is 5.11 Å². The molecule has 0 heterocycles. The Hall–Kier alpha value is -1.64. The minimum atomic E-state index is -1.02. The lowest BCUT2D eigenvalue weighted by Crippen LogP contribution is -1.87. The third-order valence-electron chi connectivity index (χ3n) is 3.34. The number of aliphatic carboxylic acids is 1. The second kappa shape index (κ2) is 16.7. The molecular formula is C20H31FO2. The van der Waals surface area contributed by atoms with Crippen molar-refractivity contribution in [3.8, 4) is 0 Å². The Bertz CT molecular complexity index is 394. The van der Waals surface area contributed by atoms with Gasteiger partial charge in [0.15, 0.2) is 0 Å². The Morgan fingerprint density at radius 3 is 2.22 bits per heavy atom. The average molecular weight is 322 g/mol. The van der Waals surface area contributed by atoms with Crippen molar-refractivity contribution >= 4 is 5.97 Å². The molecule has 0 amide bonds. The summed E-state index contributed by atoms with van der Waals surface area (Å²) in [5.41, 5.74) is 0. The van der Waals surface area contributed by atoms with E-state index in [4.69, 9.17) is 5.11 Å². The number of hydrogen-bond acceptors (Lipinski definition) is 1. The molecule has 0 saturated heterocycles. The first kappa shape index (κ1) is 21.4. The van der Waals surface area contributed by atoms with Crippen LogP contribution in [0.2, 0.25) is 0 Å². The fraction of sp³-hybridized carbons (Fsp3) is 0.550. The molecule has 0 aromatic heterocycles. The zero-order valence-corrected chi connectivity index (χ0v) is 14.3. The molecule has 0 saturated carbocycles. The van der Waals surface area contributed by atoms with Crippen LogP contribution in [0.3, 0.4) is 0 Å². The summed E-state index contributed by atoms with van der Waals surface area (Å²) in [6.45, 7) is 2.21. The number of carboxylic acids is 1. The Labute approximate surface area is 140 Å². The fourth-order valence-corrected chi connectivity index (χ4v) is 2.06. The molecule has 0 aliphatic heterocycles. The lowest BCUT2D eigenvalue weighted by Gasteiger charge is -1.98. The largest absolute Gasteiger partial charge is 0.478 e. The van der Waals surface area contributed by atoms with E-state index in [-0.39, 0.29) is 0 Å². The molecule has 0 radical (unpaired) electrons. The summed E-state index contributed by atoms with van der Waals surface area (Å²) in [5.74, 6) is -0.939. The predicted molar refractivity (Wildman–Crippen MR) is 96.3 cm³/mol. The van der Waals surface area contributed by atoms with Gasteiger partial charge in [-0.1, -0.05) is 81.6 Å². The molecule has 130 valence electrons. The summed E-state index contributed by atoms with van der Waals surface area (Å²) in [6.07, 6.45) is 22.1. The summed E-state index contributed by atoms with van der Waals surface area (Å²) < 4.78 is 13.5. The van der Waals surface area contributed by atoms with Crippen LogP contribution < -0.4 is 0 Å². The molecule has 1 atom stereocenters. The maximum Gasteiger partial charge on any atom is 0.327 e. The van der Waals surface area contributed by atoms with Crippen molar-refractivity contribution in [1.82, 2.24) is 0 Å². The van der Waals surface area contributed by atoms with E-state index in [1.165, 1.54) is 32.1 Å². The highest BCUT2D eigenvalue weighted by Crippen LogP contribution is 2.08. The van der Waals surface area contributed by atoms with Crippen LogP contribution in [-0.4, -0.2) is 17.2 Å². The maximum atomic E-state index is 13.5. The first-order chi connectivity index (χ1) is 11.2. The van der Waals surface area contributed by atoms with E-state index in [0.29, 0.717) is 12.8 Å². The van der Waals surface area contributed by atoms with Gasteiger partial charge in [0, 0.05) is 6.08 Å². The fourth-order valence-electron chi connectivity index (χ4n) is 2.06. The monoisotopic (exact) mass is 322 g/mol. The molecule has 3 heteroatoms. The number of unbranched alkanes of at least 4 members (excludes halogenated alkanes) is 6. The van der Waals surface area contributed by atoms with E-state index in [1.807, 2.05) is 18.2 Å². The van der Waals surface area contributed by atoms with Crippen LogP contribution in [0.5, 0.6) is 0 Å². The highest BCUT2D eigenvalue weighted by atomic mass is 19.1. The first-order valence-corrected chi connectivity index (χ1v) is 8.68. The van der Waals surface area contributed by atoms with E-state index in [1.54, 1.807) is 24.3 Å². The van der Waals surface area contributed by atoms with Crippen LogP contribution in [0.4, 0.5) is 4.39 Å². The van der Waals surface area contributed by atoms with Crippen molar-refractivity contribution < 1.29 is 14.3 Å². The molecule has 0 aromatic rings. The molecule has 0 aromatic carbocycles. The number of allylic oxidation sites excluding steroid dienone is 7. The van der Waals surface area contributed by atoms with Crippen LogP contribution in [0, 0.1) is 0 Å². The predicted octanol–water partition coefficient (Wildman–Crippen LogP) is 6.16. The highest BCUT2D eigenvalue weighted by molar-refractivity contribution is 5.79. The first-order valence-electron chi connectivity index (χ1n) is 8.68. The lowest BCUT2D eigenvalue weighted by molar-refractivity contribution is -0.131. The third-order valence-corrected chi connectivity index (χ3v) is 3.34. The van der Waals surface area contributed by atoms with Crippen LogP contribution in [0.25, 0.3) is 0 Å². The smallest absolute Gasteiger partial charge is 0.327 e. The van der Waals surface area contributed by atoms with E-state index in [0.717, 1.165) is 18.9 Å². The van der Waals surface area contributed by atoms with Gasteiger partial charge in [-0.3, -0.25) is 0 Å². The van der Waals surface area contributed by atoms with Gasteiger partial charge in [-0.05, 0) is 25.7 Å². The molecule has 0 aliphatic rings. The zero-order chi connectivity index (χ0) is 17.2. The normalized spacial score (nSPS) is 13.8. The highest BCUT2D eigenvalue weighted by Gasteiger charge is 1.93. The van der Waals surface area contributed by atoms with Gasteiger partial charge in [0.2, 0.25) is 0 Å². The minimum Gasteiger partial charge on any atom is -0.478 e.